The zero-order valence-electron chi connectivity index (χ0n) is 14.5. The maximum absolute atomic E-state index is 12.3. The molecule has 6 nitrogen and oxygen atoms in total. The third kappa shape index (κ3) is 5.23. The fraction of sp³-hybridized carbons (Fsp3) is 0.556. The molecule has 24 heavy (non-hydrogen) atoms. The first-order valence-electron chi connectivity index (χ1n) is 8.70. The van der Waals surface area contributed by atoms with Gasteiger partial charge < -0.3 is 21.3 Å². The summed E-state index contributed by atoms with van der Waals surface area (Å²) in [4.78, 5) is 26.1. The van der Waals surface area contributed by atoms with Crippen LogP contribution in [-0.2, 0) is 4.79 Å². The van der Waals surface area contributed by atoms with E-state index in [4.69, 9.17) is 5.73 Å². The second kappa shape index (κ2) is 8.68. The van der Waals surface area contributed by atoms with Crippen LogP contribution in [0.25, 0.3) is 0 Å². The Bertz CT molecular complexity index is 549. The molecule has 0 saturated carbocycles. The number of hydrogen-bond donors (Lipinski definition) is 3. The van der Waals surface area contributed by atoms with Gasteiger partial charge in [-0.3, -0.25) is 4.79 Å². The standard InChI is InChI=1S/C18H28N4O2/c1-13(2)16(19)17(23)20-14-7-9-15(10-8-14)21-18(24)22-11-5-3-4-6-12-22/h7-10,13,16H,3-6,11-12,19H2,1-2H3,(H,20,23)(H,21,24)/t16-/m0/s1. The van der Waals surface area contributed by atoms with E-state index in [-0.39, 0.29) is 17.9 Å². The zero-order chi connectivity index (χ0) is 17.5. The van der Waals surface area contributed by atoms with Gasteiger partial charge in [-0.05, 0) is 43.0 Å². The number of nitrogens with one attached hydrogen (secondary N) is 2. The lowest BCUT2D eigenvalue weighted by Crippen LogP contribution is -2.39. The summed E-state index contributed by atoms with van der Waals surface area (Å²) in [5.41, 5.74) is 7.21. The van der Waals surface area contributed by atoms with E-state index < -0.39 is 6.04 Å². The summed E-state index contributed by atoms with van der Waals surface area (Å²) in [7, 11) is 0. The van der Waals surface area contributed by atoms with Gasteiger partial charge in [-0.2, -0.15) is 0 Å². The van der Waals surface area contributed by atoms with E-state index in [0.29, 0.717) is 5.69 Å². The van der Waals surface area contributed by atoms with E-state index in [1.807, 2.05) is 18.7 Å². The second-order valence-corrected chi connectivity index (χ2v) is 6.67. The van der Waals surface area contributed by atoms with Gasteiger partial charge in [-0.15, -0.1) is 0 Å². The largest absolute Gasteiger partial charge is 0.325 e. The summed E-state index contributed by atoms with van der Waals surface area (Å²) in [6.07, 6.45) is 4.51. The predicted molar refractivity (Wildman–Crippen MR) is 96.9 cm³/mol. The predicted octanol–water partition coefficient (Wildman–Crippen LogP) is 3.02. The number of amides is 3. The lowest BCUT2D eigenvalue weighted by atomic mass is 10.0. The molecule has 0 aliphatic carbocycles. The van der Waals surface area contributed by atoms with Gasteiger partial charge in [-0.25, -0.2) is 4.79 Å². The van der Waals surface area contributed by atoms with Crippen LogP contribution in [0.2, 0.25) is 0 Å². The average Bonchev–Trinajstić information content (AvgIpc) is 2.85. The summed E-state index contributed by atoms with van der Waals surface area (Å²) in [5, 5.41) is 5.70. The Kier molecular flexibility index (Phi) is 6.61. The first kappa shape index (κ1) is 18.3. The van der Waals surface area contributed by atoms with Crippen LogP contribution in [0.15, 0.2) is 24.3 Å². The van der Waals surface area contributed by atoms with E-state index in [9.17, 15) is 9.59 Å². The quantitative estimate of drug-likeness (QED) is 0.792. The number of likely N-dealkylation sites (tertiary alicyclic amines) is 1. The van der Waals surface area contributed by atoms with Gasteiger partial charge in [0.25, 0.3) is 0 Å². The summed E-state index contributed by atoms with van der Waals surface area (Å²) in [6, 6.07) is 6.51. The van der Waals surface area contributed by atoms with Crippen LogP contribution in [-0.4, -0.2) is 36.0 Å². The molecule has 1 aromatic rings. The molecule has 132 valence electrons. The molecule has 3 amide bonds. The number of carbonyl (C=O) groups excluding carboxylic acids is 2. The van der Waals surface area contributed by atoms with Crippen LogP contribution in [0.4, 0.5) is 16.2 Å². The molecule has 1 saturated heterocycles. The number of rotatable bonds is 4. The zero-order valence-corrected chi connectivity index (χ0v) is 14.5. The number of anilines is 2. The normalized spacial score (nSPS) is 16.4. The molecule has 4 N–H and O–H groups in total. The molecule has 0 unspecified atom stereocenters. The minimum Gasteiger partial charge on any atom is -0.325 e. The van der Waals surface area contributed by atoms with Crippen molar-refractivity contribution in [3.63, 3.8) is 0 Å². The number of benzene rings is 1. The highest BCUT2D eigenvalue weighted by Crippen LogP contribution is 2.16. The van der Waals surface area contributed by atoms with Crippen molar-refractivity contribution in [2.24, 2.45) is 11.7 Å². The molecule has 0 spiro atoms. The van der Waals surface area contributed by atoms with Crippen LogP contribution in [0.1, 0.15) is 39.5 Å². The molecule has 0 aromatic heterocycles. The second-order valence-electron chi connectivity index (χ2n) is 6.67. The van der Waals surface area contributed by atoms with Gasteiger partial charge in [0.2, 0.25) is 5.91 Å². The van der Waals surface area contributed by atoms with E-state index in [2.05, 4.69) is 10.6 Å². The third-order valence-corrected chi connectivity index (χ3v) is 4.32. The van der Waals surface area contributed by atoms with Crippen LogP contribution in [0, 0.1) is 5.92 Å². The Labute approximate surface area is 143 Å². The summed E-state index contributed by atoms with van der Waals surface area (Å²) < 4.78 is 0. The van der Waals surface area contributed by atoms with Crippen molar-refractivity contribution in [2.75, 3.05) is 23.7 Å². The number of nitrogens with two attached hydrogens (primary N) is 1. The number of urea groups is 1. The summed E-state index contributed by atoms with van der Waals surface area (Å²) >= 11 is 0. The Hall–Kier alpha value is -2.08. The maximum atomic E-state index is 12.3. The topological polar surface area (TPSA) is 87.5 Å². The minimum absolute atomic E-state index is 0.0597. The Morgan fingerprint density at radius 3 is 1.96 bits per heavy atom. The van der Waals surface area contributed by atoms with Crippen molar-refractivity contribution in [3.05, 3.63) is 24.3 Å². The molecule has 1 aromatic carbocycles. The fourth-order valence-electron chi connectivity index (χ4n) is 2.64. The van der Waals surface area contributed by atoms with E-state index in [1.54, 1.807) is 24.3 Å². The number of nitrogens with zero attached hydrogens (tertiary/aromatic N) is 1. The van der Waals surface area contributed by atoms with Gasteiger partial charge in [0, 0.05) is 24.5 Å². The van der Waals surface area contributed by atoms with E-state index >= 15 is 0 Å². The van der Waals surface area contributed by atoms with Crippen LogP contribution >= 0.6 is 0 Å². The fourth-order valence-corrected chi connectivity index (χ4v) is 2.64. The van der Waals surface area contributed by atoms with Crippen LogP contribution in [0.3, 0.4) is 0 Å². The van der Waals surface area contributed by atoms with Crippen molar-refractivity contribution in [1.82, 2.24) is 4.90 Å². The molecule has 1 aliphatic rings. The SMILES string of the molecule is CC(C)[C@H](N)C(=O)Nc1ccc(NC(=O)N2CCCCCC2)cc1. The summed E-state index contributed by atoms with van der Waals surface area (Å²) in [5.74, 6) is -0.122. The van der Waals surface area contributed by atoms with Gasteiger partial charge in [0.15, 0.2) is 0 Å². The Morgan fingerprint density at radius 1 is 0.958 bits per heavy atom. The molecule has 1 heterocycles. The average molecular weight is 332 g/mol. The molecular formula is C18H28N4O2. The lowest BCUT2D eigenvalue weighted by molar-refractivity contribution is -0.118. The van der Waals surface area contributed by atoms with E-state index in [1.165, 1.54) is 12.8 Å². The van der Waals surface area contributed by atoms with Crippen molar-refractivity contribution in [3.8, 4) is 0 Å². The van der Waals surface area contributed by atoms with E-state index in [0.717, 1.165) is 31.6 Å². The molecule has 2 rings (SSSR count). The van der Waals surface area contributed by atoms with Crippen molar-refractivity contribution in [1.29, 1.82) is 0 Å². The van der Waals surface area contributed by atoms with Crippen LogP contribution in [0.5, 0.6) is 0 Å². The summed E-state index contributed by atoms with van der Waals surface area (Å²) in [6.45, 7) is 5.44. The van der Waals surface area contributed by atoms with Crippen molar-refractivity contribution >= 4 is 23.3 Å². The van der Waals surface area contributed by atoms with Gasteiger partial charge in [0.05, 0.1) is 6.04 Å². The van der Waals surface area contributed by atoms with Gasteiger partial charge >= 0.3 is 6.03 Å². The maximum Gasteiger partial charge on any atom is 0.321 e. The molecule has 0 radical (unpaired) electrons. The van der Waals surface area contributed by atoms with Crippen molar-refractivity contribution in [2.45, 2.75) is 45.6 Å². The molecule has 0 bridgehead atoms. The first-order valence-corrected chi connectivity index (χ1v) is 8.70. The Morgan fingerprint density at radius 2 is 1.46 bits per heavy atom. The number of hydrogen-bond acceptors (Lipinski definition) is 3. The highest BCUT2D eigenvalue weighted by atomic mass is 16.2. The first-order chi connectivity index (χ1) is 11.5. The van der Waals surface area contributed by atoms with Gasteiger partial charge in [0.1, 0.15) is 0 Å². The molecule has 1 aliphatic heterocycles. The third-order valence-electron chi connectivity index (χ3n) is 4.32. The minimum atomic E-state index is -0.535. The molecular weight excluding hydrogens is 304 g/mol. The van der Waals surface area contributed by atoms with Crippen molar-refractivity contribution < 1.29 is 9.59 Å². The smallest absolute Gasteiger partial charge is 0.321 e. The Balaban J connectivity index is 1.89. The lowest BCUT2D eigenvalue weighted by Gasteiger charge is -2.21. The highest BCUT2D eigenvalue weighted by Gasteiger charge is 2.18. The molecule has 1 atom stereocenters. The highest BCUT2D eigenvalue weighted by molar-refractivity contribution is 5.95. The molecule has 6 heteroatoms. The van der Waals surface area contributed by atoms with Crippen LogP contribution < -0.4 is 16.4 Å². The number of carbonyl (C=O) groups is 2. The monoisotopic (exact) mass is 332 g/mol. The molecule has 1 fully saturated rings. The van der Waals surface area contributed by atoms with Gasteiger partial charge in [-0.1, -0.05) is 26.7 Å².